The van der Waals surface area contributed by atoms with E-state index < -0.39 is 0 Å². The van der Waals surface area contributed by atoms with Gasteiger partial charge in [0.15, 0.2) is 0 Å². The SMILES string of the molecule is CCOC(=O)c1sc2nc([C@@H](C)N3CCCCCC3)[nH]c(=O)c2c1C. The second-order valence-corrected chi connectivity index (χ2v) is 7.53. The number of nitrogens with one attached hydrogen (secondary N) is 1. The van der Waals surface area contributed by atoms with Crippen molar-refractivity contribution in [1.82, 2.24) is 14.9 Å². The molecule has 0 radical (unpaired) electrons. The lowest BCUT2D eigenvalue weighted by Crippen LogP contribution is -2.30. The van der Waals surface area contributed by atoms with E-state index in [1.54, 1.807) is 13.8 Å². The number of rotatable bonds is 4. The summed E-state index contributed by atoms with van der Waals surface area (Å²) in [6.07, 6.45) is 4.89. The Morgan fingerprint density at radius 2 is 2.00 bits per heavy atom. The van der Waals surface area contributed by atoms with E-state index in [0.717, 1.165) is 13.1 Å². The van der Waals surface area contributed by atoms with Crippen LogP contribution in [0.25, 0.3) is 10.2 Å². The average Bonchev–Trinajstić information content (AvgIpc) is 2.77. The fourth-order valence-electron chi connectivity index (χ4n) is 3.41. The third-order valence-electron chi connectivity index (χ3n) is 4.86. The minimum atomic E-state index is -0.385. The molecule has 136 valence electrons. The third kappa shape index (κ3) is 3.62. The molecule has 0 aliphatic carbocycles. The molecule has 1 aliphatic heterocycles. The number of aromatic amines is 1. The smallest absolute Gasteiger partial charge is 0.348 e. The molecule has 1 fully saturated rings. The number of aromatic nitrogens is 2. The van der Waals surface area contributed by atoms with Gasteiger partial charge in [0, 0.05) is 0 Å². The van der Waals surface area contributed by atoms with Gasteiger partial charge in [0.1, 0.15) is 15.5 Å². The molecule has 1 N–H and O–H groups in total. The van der Waals surface area contributed by atoms with Gasteiger partial charge in [-0.3, -0.25) is 9.69 Å². The van der Waals surface area contributed by atoms with Crippen molar-refractivity contribution in [3.8, 4) is 0 Å². The maximum atomic E-state index is 12.6. The first-order valence-corrected chi connectivity index (χ1v) is 9.79. The van der Waals surface area contributed by atoms with E-state index in [1.165, 1.54) is 37.0 Å². The number of nitrogens with zero attached hydrogens (tertiary/aromatic N) is 2. The van der Waals surface area contributed by atoms with Crippen LogP contribution in [-0.2, 0) is 4.74 Å². The number of esters is 1. The Balaban J connectivity index is 1.98. The molecule has 3 heterocycles. The topological polar surface area (TPSA) is 75.3 Å². The average molecular weight is 363 g/mol. The van der Waals surface area contributed by atoms with Gasteiger partial charge in [0.25, 0.3) is 5.56 Å². The number of fused-ring (bicyclic) bond motifs is 1. The summed E-state index contributed by atoms with van der Waals surface area (Å²) in [5.74, 6) is 0.292. The summed E-state index contributed by atoms with van der Waals surface area (Å²) in [5, 5.41) is 0.500. The zero-order valence-electron chi connectivity index (χ0n) is 15.1. The van der Waals surface area contributed by atoms with Crippen LogP contribution in [0.5, 0.6) is 0 Å². The van der Waals surface area contributed by atoms with Crippen molar-refractivity contribution >= 4 is 27.5 Å². The first-order valence-electron chi connectivity index (χ1n) is 8.97. The molecule has 7 heteroatoms. The minimum absolute atomic E-state index is 0.0589. The number of H-pyrrole nitrogens is 1. The number of hydrogen-bond donors (Lipinski definition) is 1. The highest BCUT2D eigenvalue weighted by atomic mass is 32.1. The van der Waals surface area contributed by atoms with Gasteiger partial charge < -0.3 is 9.72 Å². The van der Waals surface area contributed by atoms with Crippen LogP contribution in [0.2, 0.25) is 0 Å². The summed E-state index contributed by atoms with van der Waals surface area (Å²) < 4.78 is 5.09. The highest BCUT2D eigenvalue weighted by Gasteiger charge is 2.23. The molecule has 0 spiro atoms. The van der Waals surface area contributed by atoms with Crippen molar-refractivity contribution in [2.24, 2.45) is 0 Å². The Kier molecular flexibility index (Phi) is 5.54. The molecule has 0 aromatic carbocycles. The molecule has 0 unspecified atom stereocenters. The maximum Gasteiger partial charge on any atom is 0.348 e. The summed E-state index contributed by atoms with van der Waals surface area (Å²) in [6.45, 7) is 8.00. The van der Waals surface area contributed by atoms with Crippen LogP contribution in [0, 0.1) is 6.92 Å². The summed E-state index contributed by atoms with van der Waals surface area (Å²) in [6, 6.07) is 0.0589. The fraction of sp³-hybridized carbons (Fsp3) is 0.611. The van der Waals surface area contributed by atoms with E-state index in [1.807, 2.05) is 0 Å². The molecule has 3 rings (SSSR count). The molecule has 25 heavy (non-hydrogen) atoms. The van der Waals surface area contributed by atoms with Crippen molar-refractivity contribution in [3.05, 3.63) is 26.6 Å². The first kappa shape index (κ1) is 18.1. The van der Waals surface area contributed by atoms with Crippen molar-refractivity contribution in [3.63, 3.8) is 0 Å². The highest BCUT2D eigenvalue weighted by molar-refractivity contribution is 7.20. The number of aryl methyl sites for hydroxylation is 1. The Morgan fingerprint density at radius 3 is 2.64 bits per heavy atom. The van der Waals surface area contributed by atoms with E-state index in [-0.39, 0.29) is 17.6 Å². The molecule has 1 atom stereocenters. The zero-order valence-corrected chi connectivity index (χ0v) is 15.9. The Bertz CT molecular complexity index is 819. The van der Waals surface area contributed by atoms with Gasteiger partial charge in [0.2, 0.25) is 0 Å². The molecule has 0 bridgehead atoms. The maximum absolute atomic E-state index is 12.6. The van der Waals surface area contributed by atoms with Gasteiger partial charge >= 0.3 is 5.97 Å². The second kappa shape index (κ2) is 7.66. The summed E-state index contributed by atoms with van der Waals surface area (Å²) in [5.41, 5.74) is 0.479. The lowest BCUT2D eigenvalue weighted by molar-refractivity contribution is 0.0531. The summed E-state index contributed by atoms with van der Waals surface area (Å²) in [4.78, 5) is 35.8. The van der Waals surface area contributed by atoms with Crippen LogP contribution in [0.4, 0.5) is 0 Å². The number of likely N-dealkylation sites (tertiary alicyclic amines) is 1. The van der Waals surface area contributed by atoms with E-state index in [4.69, 9.17) is 4.74 Å². The Labute approximate surface area is 151 Å². The molecule has 1 aliphatic rings. The minimum Gasteiger partial charge on any atom is -0.462 e. The lowest BCUT2D eigenvalue weighted by atomic mass is 10.2. The van der Waals surface area contributed by atoms with E-state index >= 15 is 0 Å². The molecule has 0 saturated carbocycles. The highest BCUT2D eigenvalue weighted by Crippen LogP contribution is 2.29. The van der Waals surface area contributed by atoms with Crippen LogP contribution >= 0.6 is 11.3 Å². The van der Waals surface area contributed by atoms with Crippen molar-refractivity contribution in [1.29, 1.82) is 0 Å². The number of ether oxygens (including phenoxy) is 1. The number of hydrogen-bond acceptors (Lipinski definition) is 6. The van der Waals surface area contributed by atoms with Crippen LogP contribution < -0.4 is 5.56 Å². The van der Waals surface area contributed by atoms with Crippen molar-refractivity contribution in [2.75, 3.05) is 19.7 Å². The summed E-state index contributed by atoms with van der Waals surface area (Å²) in [7, 11) is 0. The fourth-order valence-corrected chi connectivity index (χ4v) is 4.49. The monoisotopic (exact) mass is 363 g/mol. The quantitative estimate of drug-likeness (QED) is 0.843. The number of thiophene rings is 1. The molecule has 2 aromatic rings. The first-order chi connectivity index (χ1) is 12.0. The molecular weight excluding hydrogens is 338 g/mol. The Hall–Kier alpha value is -1.73. The van der Waals surface area contributed by atoms with Gasteiger partial charge in [-0.2, -0.15) is 0 Å². The van der Waals surface area contributed by atoms with Crippen LogP contribution in [-0.4, -0.2) is 40.5 Å². The van der Waals surface area contributed by atoms with Gasteiger partial charge in [-0.05, 0) is 52.3 Å². The van der Waals surface area contributed by atoms with Crippen LogP contribution in [0.3, 0.4) is 0 Å². The predicted molar refractivity (Wildman–Crippen MR) is 99.4 cm³/mol. The largest absolute Gasteiger partial charge is 0.462 e. The van der Waals surface area contributed by atoms with E-state index in [2.05, 4.69) is 21.8 Å². The second-order valence-electron chi connectivity index (χ2n) is 6.53. The van der Waals surface area contributed by atoms with Crippen molar-refractivity contribution < 1.29 is 9.53 Å². The number of carbonyl (C=O) groups is 1. The van der Waals surface area contributed by atoms with Gasteiger partial charge in [0.05, 0.1) is 18.0 Å². The molecule has 1 saturated heterocycles. The van der Waals surface area contributed by atoms with Crippen molar-refractivity contribution in [2.45, 2.75) is 52.5 Å². The Morgan fingerprint density at radius 1 is 1.32 bits per heavy atom. The van der Waals surface area contributed by atoms with E-state index in [0.29, 0.717) is 33.1 Å². The summed E-state index contributed by atoms with van der Waals surface area (Å²) >= 11 is 1.24. The van der Waals surface area contributed by atoms with Crippen LogP contribution in [0.1, 0.15) is 66.6 Å². The van der Waals surface area contributed by atoms with Gasteiger partial charge in [-0.15, -0.1) is 11.3 Å². The molecule has 6 nitrogen and oxygen atoms in total. The molecule has 0 amide bonds. The zero-order chi connectivity index (χ0) is 18.0. The molecular formula is C18H25N3O3S. The molecule has 2 aromatic heterocycles. The van der Waals surface area contributed by atoms with Crippen LogP contribution in [0.15, 0.2) is 4.79 Å². The van der Waals surface area contributed by atoms with Gasteiger partial charge in [-0.25, -0.2) is 9.78 Å². The normalized spacial score (nSPS) is 17.4. The third-order valence-corrected chi connectivity index (χ3v) is 6.03. The number of carbonyl (C=O) groups excluding carboxylic acids is 1. The standard InChI is InChI=1S/C18H25N3O3S/c1-4-24-18(23)14-11(2)13-16(22)19-15(20-17(13)25-14)12(3)21-9-7-5-6-8-10-21/h12H,4-10H2,1-3H3,(H,19,20,22)/t12-/m1/s1. The van der Waals surface area contributed by atoms with Gasteiger partial charge in [-0.1, -0.05) is 12.8 Å². The lowest BCUT2D eigenvalue weighted by Gasteiger charge is -2.26. The van der Waals surface area contributed by atoms with E-state index in [9.17, 15) is 9.59 Å². The predicted octanol–water partition coefficient (Wildman–Crippen LogP) is 3.41.